The molecule has 8 heteroatoms. The number of aromatic nitrogens is 2. The summed E-state index contributed by atoms with van der Waals surface area (Å²) in [5.41, 5.74) is 7.07. The van der Waals surface area contributed by atoms with Crippen molar-refractivity contribution in [2.24, 2.45) is 0 Å². The maximum atomic E-state index is 6.36. The van der Waals surface area contributed by atoms with Gasteiger partial charge in [0, 0.05) is 60.0 Å². The van der Waals surface area contributed by atoms with E-state index in [0.29, 0.717) is 0 Å². The van der Waals surface area contributed by atoms with Gasteiger partial charge in [-0.3, -0.25) is 9.88 Å². The highest BCUT2D eigenvalue weighted by Gasteiger charge is 2.42. The number of pyridine rings is 1. The molecule has 0 bridgehead atoms. The molecule has 1 aromatic carbocycles. The number of rotatable bonds is 6. The van der Waals surface area contributed by atoms with Crippen molar-refractivity contribution in [3.8, 4) is 5.69 Å². The third-order valence-electron chi connectivity index (χ3n) is 7.33. The number of nitrogens with zero attached hydrogens (tertiary/aromatic N) is 4. The summed E-state index contributed by atoms with van der Waals surface area (Å²) in [6.07, 6.45) is 1.86. The summed E-state index contributed by atoms with van der Waals surface area (Å²) in [6, 6.07) is 14.1. The number of hydrogen-bond acceptors (Lipinski definition) is 4. The highest BCUT2D eigenvalue weighted by atomic mass is 35.5. The quantitative estimate of drug-likeness (QED) is 0.484. The van der Waals surface area contributed by atoms with Gasteiger partial charge in [0.2, 0.25) is 0 Å². The average molecular weight is 510 g/mol. The second kappa shape index (κ2) is 10.3. The van der Waals surface area contributed by atoms with Crippen LogP contribution in [0.4, 0.5) is 0 Å². The summed E-state index contributed by atoms with van der Waals surface area (Å²) < 4.78 is 7.86. The molecule has 0 radical (unpaired) electrons. The molecular weight excluding hydrogens is 478 g/mol. The van der Waals surface area contributed by atoms with Crippen molar-refractivity contribution >= 4 is 28.9 Å². The van der Waals surface area contributed by atoms with Gasteiger partial charge in [-0.1, -0.05) is 23.7 Å². The molecule has 1 N–H and O–H groups in total. The van der Waals surface area contributed by atoms with Crippen LogP contribution in [0.25, 0.3) is 5.69 Å². The lowest BCUT2D eigenvalue weighted by Gasteiger charge is -2.32. The molecule has 2 fully saturated rings. The van der Waals surface area contributed by atoms with E-state index in [2.05, 4.69) is 52.6 Å². The Balaban J connectivity index is 1.57. The first kappa shape index (κ1) is 24.3. The fraction of sp³-hybridized carbons (Fsp3) is 0.407. The molecule has 0 aliphatic carbocycles. The van der Waals surface area contributed by atoms with E-state index in [1.54, 1.807) is 0 Å². The molecule has 4 heterocycles. The van der Waals surface area contributed by atoms with Gasteiger partial charge in [0.05, 0.1) is 31.0 Å². The predicted octanol–water partition coefficient (Wildman–Crippen LogP) is 4.76. The van der Waals surface area contributed by atoms with Crippen molar-refractivity contribution in [1.29, 1.82) is 0 Å². The third kappa shape index (κ3) is 4.70. The maximum Gasteiger partial charge on any atom is 0.170 e. The molecule has 3 aromatic rings. The molecule has 0 saturated carbocycles. The smallest absolute Gasteiger partial charge is 0.170 e. The number of nitrogens with one attached hydrogen (secondary N) is 1. The van der Waals surface area contributed by atoms with E-state index >= 15 is 0 Å². The van der Waals surface area contributed by atoms with Crippen LogP contribution in [-0.4, -0.2) is 63.9 Å². The number of halogens is 1. The number of ether oxygens (including phenoxy) is 1. The van der Waals surface area contributed by atoms with Crippen LogP contribution in [0.2, 0.25) is 5.02 Å². The number of hydrogen-bond donors (Lipinski definition) is 1. The van der Waals surface area contributed by atoms with Gasteiger partial charge in [-0.15, -0.1) is 0 Å². The average Bonchev–Trinajstić information content (AvgIpc) is 3.30. The van der Waals surface area contributed by atoms with Crippen LogP contribution in [-0.2, 0) is 4.74 Å². The van der Waals surface area contributed by atoms with Crippen molar-refractivity contribution in [1.82, 2.24) is 24.7 Å². The van der Waals surface area contributed by atoms with Crippen LogP contribution >= 0.6 is 23.8 Å². The lowest BCUT2D eigenvalue weighted by atomic mass is 9.93. The van der Waals surface area contributed by atoms with Gasteiger partial charge in [0.1, 0.15) is 0 Å². The molecule has 184 valence electrons. The van der Waals surface area contributed by atoms with E-state index < -0.39 is 0 Å². The first-order valence-electron chi connectivity index (χ1n) is 12.2. The zero-order valence-electron chi connectivity index (χ0n) is 20.5. The lowest BCUT2D eigenvalue weighted by Crippen LogP contribution is -2.42. The van der Waals surface area contributed by atoms with E-state index in [1.807, 2.05) is 36.5 Å². The van der Waals surface area contributed by atoms with Gasteiger partial charge in [-0.25, -0.2) is 0 Å². The van der Waals surface area contributed by atoms with Crippen molar-refractivity contribution < 1.29 is 4.74 Å². The molecule has 0 unspecified atom stereocenters. The Hall–Kier alpha value is -2.45. The van der Waals surface area contributed by atoms with Gasteiger partial charge in [-0.2, -0.15) is 0 Å². The molecule has 0 spiro atoms. The van der Waals surface area contributed by atoms with Crippen LogP contribution < -0.4 is 5.32 Å². The molecule has 2 saturated heterocycles. The highest BCUT2D eigenvalue weighted by molar-refractivity contribution is 7.80. The van der Waals surface area contributed by atoms with Crippen LogP contribution in [0.1, 0.15) is 40.3 Å². The van der Waals surface area contributed by atoms with Gasteiger partial charge < -0.3 is 19.5 Å². The molecule has 2 atom stereocenters. The van der Waals surface area contributed by atoms with Crippen LogP contribution in [0.5, 0.6) is 0 Å². The van der Waals surface area contributed by atoms with Gasteiger partial charge in [-0.05, 0) is 68.9 Å². The minimum Gasteiger partial charge on any atom is -0.379 e. The molecule has 5 rings (SSSR count). The summed E-state index contributed by atoms with van der Waals surface area (Å²) in [6.45, 7) is 11.9. The Morgan fingerprint density at radius 3 is 2.57 bits per heavy atom. The Bertz CT molecular complexity index is 1210. The van der Waals surface area contributed by atoms with Crippen molar-refractivity contribution in [3.63, 3.8) is 0 Å². The van der Waals surface area contributed by atoms with Crippen LogP contribution in [0.3, 0.4) is 0 Å². The topological polar surface area (TPSA) is 45.6 Å². The number of morpholine rings is 1. The summed E-state index contributed by atoms with van der Waals surface area (Å²) in [7, 11) is 0. The van der Waals surface area contributed by atoms with E-state index in [1.165, 1.54) is 22.5 Å². The minimum absolute atomic E-state index is 0.0274. The van der Waals surface area contributed by atoms with E-state index in [4.69, 9.17) is 33.5 Å². The maximum absolute atomic E-state index is 6.36. The molecule has 35 heavy (non-hydrogen) atoms. The Labute approximate surface area is 217 Å². The van der Waals surface area contributed by atoms with E-state index in [-0.39, 0.29) is 12.1 Å². The van der Waals surface area contributed by atoms with Crippen LogP contribution in [0.15, 0.2) is 48.7 Å². The Morgan fingerprint density at radius 1 is 1.06 bits per heavy atom. The lowest BCUT2D eigenvalue weighted by molar-refractivity contribution is 0.0350. The van der Waals surface area contributed by atoms with Gasteiger partial charge in [0.15, 0.2) is 5.11 Å². The highest BCUT2D eigenvalue weighted by Crippen LogP contribution is 2.43. The summed E-state index contributed by atoms with van der Waals surface area (Å²) in [4.78, 5) is 9.53. The van der Waals surface area contributed by atoms with Crippen molar-refractivity contribution in [2.45, 2.75) is 32.9 Å². The number of thiocarbonyl (C=S) groups is 1. The zero-order valence-corrected chi connectivity index (χ0v) is 22.1. The molecule has 2 aliphatic heterocycles. The zero-order chi connectivity index (χ0) is 24.5. The fourth-order valence-corrected chi connectivity index (χ4v) is 5.99. The first-order chi connectivity index (χ1) is 17.0. The van der Waals surface area contributed by atoms with E-state index in [9.17, 15) is 0 Å². The first-order valence-corrected chi connectivity index (χ1v) is 13.0. The normalized spacial score (nSPS) is 20.9. The summed E-state index contributed by atoms with van der Waals surface area (Å²) in [5.74, 6) is 0. The number of benzene rings is 1. The summed E-state index contributed by atoms with van der Waals surface area (Å²) >= 11 is 12.3. The van der Waals surface area contributed by atoms with Gasteiger partial charge in [0.25, 0.3) is 0 Å². The largest absolute Gasteiger partial charge is 0.379 e. The van der Waals surface area contributed by atoms with Gasteiger partial charge >= 0.3 is 0 Å². The molecule has 6 nitrogen and oxygen atoms in total. The monoisotopic (exact) mass is 509 g/mol. The SMILES string of the molecule is Cc1c([C@H]2[C@H](c3ccccn3)NC(=S)N2CCN2CCOCC2)c(C)n(-c2cccc(Cl)c2)c1C. The summed E-state index contributed by atoms with van der Waals surface area (Å²) in [5, 5.41) is 5.13. The minimum atomic E-state index is -0.0274. The second-order valence-electron chi connectivity index (χ2n) is 9.30. The second-order valence-corrected chi connectivity index (χ2v) is 10.1. The third-order valence-corrected chi connectivity index (χ3v) is 7.92. The Kier molecular flexibility index (Phi) is 7.12. The predicted molar refractivity (Wildman–Crippen MR) is 144 cm³/mol. The van der Waals surface area contributed by atoms with Crippen molar-refractivity contribution in [3.05, 3.63) is 81.9 Å². The van der Waals surface area contributed by atoms with E-state index in [0.717, 1.165) is 60.9 Å². The standard InChI is InChI=1S/C27H32ClN5OS/c1-18-19(2)33(22-8-6-7-21(28)17-22)20(3)24(18)26-25(23-9-4-5-10-29-23)30-27(35)32(26)12-11-31-13-15-34-16-14-31/h4-10,17,25-26H,11-16H2,1-3H3,(H,30,35)/t25-,26-/m0/s1. The molecular formula is C27H32ClN5OS. The molecule has 2 aromatic heterocycles. The van der Waals surface area contributed by atoms with Crippen LogP contribution in [0, 0.1) is 20.8 Å². The fourth-order valence-electron chi connectivity index (χ4n) is 5.48. The van der Waals surface area contributed by atoms with Crippen molar-refractivity contribution in [2.75, 3.05) is 39.4 Å². The molecule has 0 amide bonds. The molecule has 2 aliphatic rings. The Morgan fingerprint density at radius 2 is 1.86 bits per heavy atom.